The average Bonchev–Trinajstić information content (AvgIpc) is 3.06. The zero-order valence-corrected chi connectivity index (χ0v) is 18.7. The highest BCUT2D eigenvalue weighted by Crippen LogP contribution is 2.33. The fourth-order valence-electron chi connectivity index (χ4n) is 3.79. The van der Waals surface area contributed by atoms with Crippen molar-refractivity contribution in [3.63, 3.8) is 0 Å². The third-order valence-electron chi connectivity index (χ3n) is 5.23. The van der Waals surface area contributed by atoms with Crippen molar-refractivity contribution >= 4 is 50.3 Å². The summed E-state index contributed by atoms with van der Waals surface area (Å²) in [5.74, 6) is -0.547. The number of ether oxygens (including phenoxy) is 1. The Labute approximate surface area is 193 Å². The number of imidazole rings is 1. The van der Waals surface area contributed by atoms with Crippen LogP contribution in [0, 0.1) is 0 Å². The number of amides is 2. The van der Waals surface area contributed by atoms with E-state index in [1.165, 1.54) is 12.1 Å². The van der Waals surface area contributed by atoms with E-state index in [0.29, 0.717) is 25.9 Å². The van der Waals surface area contributed by atoms with Crippen LogP contribution in [-0.2, 0) is 0 Å². The van der Waals surface area contributed by atoms with Gasteiger partial charge in [-0.1, -0.05) is 17.7 Å². The molecule has 0 bridgehead atoms. The molecule has 1 fully saturated rings. The molecule has 4 rings (SSSR count). The molecule has 0 atom stereocenters. The second-order valence-electron chi connectivity index (χ2n) is 7.28. The number of para-hydroxylation sites is 1. The molecule has 1 saturated heterocycles. The number of likely N-dealkylation sites (tertiary alicyclic amines) is 1. The number of anilines is 1. The summed E-state index contributed by atoms with van der Waals surface area (Å²) in [4.78, 5) is 29.5. The van der Waals surface area contributed by atoms with Gasteiger partial charge in [0, 0.05) is 29.3 Å². The number of hydrogen-bond acceptors (Lipinski definition) is 3. The highest BCUT2D eigenvalue weighted by molar-refractivity contribution is 9.10. The van der Waals surface area contributed by atoms with E-state index in [0.717, 1.165) is 21.6 Å². The highest BCUT2D eigenvalue weighted by atomic mass is 79.9. The molecular formula is C20H17BrClF3N4O3. The lowest BCUT2D eigenvalue weighted by Crippen LogP contribution is -2.42. The van der Waals surface area contributed by atoms with Gasteiger partial charge in [0.1, 0.15) is 5.75 Å². The smallest absolute Gasteiger partial charge is 0.404 e. The number of hydrogen-bond donors (Lipinski definition) is 2. The number of halogens is 5. The minimum absolute atomic E-state index is 0.0668. The van der Waals surface area contributed by atoms with Crippen molar-refractivity contribution in [3.05, 3.63) is 56.4 Å². The summed E-state index contributed by atoms with van der Waals surface area (Å²) in [6, 6.07) is 8.61. The maximum atomic E-state index is 12.6. The Balaban J connectivity index is 1.40. The van der Waals surface area contributed by atoms with Gasteiger partial charge in [0.05, 0.1) is 16.1 Å². The molecular weight excluding hydrogens is 517 g/mol. The second-order valence-corrected chi connectivity index (χ2v) is 8.54. The van der Waals surface area contributed by atoms with Gasteiger partial charge < -0.3 is 19.9 Å². The van der Waals surface area contributed by atoms with Crippen LogP contribution in [0.5, 0.6) is 5.75 Å². The predicted molar refractivity (Wildman–Crippen MR) is 117 cm³/mol. The van der Waals surface area contributed by atoms with Crippen molar-refractivity contribution in [2.75, 3.05) is 18.4 Å². The van der Waals surface area contributed by atoms with Gasteiger partial charge in [0.25, 0.3) is 0 Å². The van der Waals surface area contributed by atoms with Crippen LogP contribution >= 0.6 is 27.5 Å². The Morgan fingerprint density at radius 3 is 2.59 bits per heavy atom. The van der Waals surface area contributed by atoms with Crippen LogP contribution in [0.15, 0.2) is 45.7 Å². The Hall–Kier alpha value is -2.66. The summed E-state index contributed by atoms with van der Waals surface area (Å²) in [6.45, 7) is 0.819. The van der Waals surface area contributed by atoms with E-state index in [4.69, 9.17) is 11.6 Å². The van der Waals surface area contributed by atoms with Gasteiger partial charge in [-0.3, -0.25) is 4.57 Å². The number of nitrogens with one attached hydrogen (secondary N) is 2. The summed E-state index contributed by atoms with van der Waals surface area (Å²) in [6.07, 6.45) is -3.71. The molecule has 0 aliphatic carbocycles. The Morgan fingerprint density at radius 2 is 1.94 bits per heavy atom. The van der Waals surface area contributed by atoms with Crippen LogP contribution in [0.3, 0.4) is 0 Å². The number of piperidine rings is 1. The first kappa shape index (κ1) is 22.5. The molecule has 12 heteroatoms. The SMILES string of the molecule is O=C(Nc1ccc(OC(F)(F)F)c(Cl)c1)N1CCC(n2c(=O)[nH]c3c(Br)cccc32)CC1. The molecule has 1 aliphatic heterocycles. The number of aromatic amines is 1. The molecule has 2 heterocycles. The third kappa shape index (κ3) is 4.73. The predicted octanol–water partition coefficient (Wildman–Crippen LogP) is 5.51. The van der Waals surface area contributed by atoms with Crippen molar-refractivity contribution in [3.8, 4) is 5.75 Å². The van der Waals surface area contributed by atoms with Gasteiger partial charge in [0.2, 0.25) is 0 Å². The topological polar surface area (TPSA) is 79.4 Å². The number of fused-ring (bicyclic) bond motifs is 1. The lowest BCUT2D eigenvalue weighted by Gasteiger charge is -2.32. The Kier molecular flexibility index (Phi) is 6.13. The van der Waals surface area contributed by atoms with E-state index >= 15 is 0 Å². The van der Waals surface area contributed by atoms with Crippen LogP contribution in [0.2, 0.25) is 5.02 Å². The molecule has 0 saturated carbocycles. The zero-order valence-electron chi connectivity index (χ0n) is 16.4. The summed E-state index contributed by atoms with van der Waals surface area (Å²) in [5, 5.41) is 2.35. The number of carbonyl (C=O) groups is 1. The van der Waals surface area contributed by atoms with Crippen LogP contribution in [0.25, 0.3) is 11.0 Å². The maximum Gasteiger partial charge on any atom is 0.573 e. The van der Waals surface area contributed by atoms with Crippen molar-refractivity contribution in [2.45, 2.75) is 25.2 Å². The number of aromatic nitrogens is 2. The summed E-state index contributed by atoms with van der Waals surface area (Å²) in [7, 11) is 0. The number of H-pyrrole nitrogens is 1. The van der Waals surface area contributed by atoms with Crippen molar-refractivity contribution < 1.29 is 22.7 Å². The van der Waals surface area contributed by atoms with Gasteiger partial charge >= 0.3 is 18.1 Å². The van der Waals surface area contributed by atoms with Crippen molar-refractivity contribution in [1.29, 1.82) is 0 Å². The van der Waals surface area contributed by atoms with E-state index in [2.05, 4.69) is 31.0 Å². The Bertz CT molecular complexity index is 1220. The molecule has 1 aliphatic rings. The molecule has 32 heavy (non-hydrogen) atoms. The molecule has 2 amide bonds. The molecule has 170 valence electrons. The number of benzene rings is 2. The molecule has 2 aromatic carbocycles. The fraction of sp³-hybridized carbons (Fsp3) is 0.300. The molecule has 0 unspecified atom stereocenters. The van der Waals surface area contributed by atoms with Gasteiger partial charge in [-0.25, -0.2) is 9.59 Å². The van der Waals surface area contributed by atoms with Crippen molar-refractivity contribution in [2.24, 2.45) is 0 Å². The lowest BCUT2D eigenvalue weighted by atomic mass is 10.0. The number of carbonyl (C=O) groups excluding carboxylic acids is 1. The van der Waals surface area contributed by atoms with E-state index in [9.17, 15) is 22.8 Å². The van der Waals surface area contributed by atoms with Crippen LogP contribution < -0.4 is 15.7 Å². The normalized spacial score (nSPS) is 15.2. The third-order valence-corrected chi connectivity index (χ3v) is 6.18. The summed E-state index contributed by atoms with van der Waals surface area (Å²) >= 11 is 9.26. The number of urea groups is 1. The van der Waals surface area contributed by atoms with E-state index in [1.807, 2.05) is 18.2 Å². The monoisotopic (exact) mass is 532 g/mol. The van der Waals surface area contributed by atoms with E-state index in [-0.39, 0.29) is 22.4 Å². The minimum atomic E-state index is -4.86. The first-order chi connectivity index (χ1) is 15.1. The fourth-order valence-corrected chi connectivity index (χ4v) is 4.47. The van der Waals surface area contributed by atoms with Crippen molar-refractivity contribution in [1.82, 2.24) is 14.5 Å². The zero-order chi connectivity index (χ0) is 23.0. The first-order valence-electron chi connectivity index (χ1n) is 9.62. The standard InChI is InChI=1S/C20H17BrClF3N4O3/c21-13-2-1-3-15-17(13)27-19(31)29(15)12-6-8-28(9-7-12)18(30)26-11-4-5-16(14(22)10-11)32-20(23,24)25/h1-5,10,12H,6-9H2,(H,26,30)(H,27,31). The largest absolute Gasteiger partial charge is 0.573 e. The first-order valence-corrected chi connectivity index (χ1v) is 10.8. The number of alkyl halides is 3. The molecule has 0 radical (unpaired) electrons. The van der Waals surface area contributed by atoms with Crippen LogP contribution in [-0.4, -0.2) is 39.9 Å². The molecule has 1 aromatic heterocycles. The molecule has 0 spiro atoms. The van der Waals surface area contributed by atoms with E-state index in [1.54, 1.807) is 9.47 Å². The second kappa shape index (κ2) is 8.70. The summed E-state index contributed by atoms with van der Waals surface area (Å²) in [5.41, 5.74) is 1.57. The molecule has 3 aromatic rings. The lowest BCUT2D eigenvalue weighted by molar-refractivity contribution is -0.274. The van der Waals surface area contributed by atoms with Crippen LogP contribution in [0.4, 0.5) is 23.7 Å². The number of nitrogens with zero attached hydrogens (tertiary/aromatic N) is 2. The van der Waals surface area contributed by atoms with Gasteiger partial charge in [-0.05, 0) is 59.1 Å². The Morgan fingerprint density at radius 1 is 1.22 bits per heavy atom. The molecule has 2 N–H and O–H groups in total. The average molecular weight is 534 g/mol. The van der Waals surface area contributed by atoms with E-state index < -0.39 is 18.1 Å². The minimum Gasteiger partial charge on any atom is -0.404 e. The maximum absolute atomic E-state index is 12.6. The number of rotatable bonds is 3. The van der Waals surface area contributed by atoms with Crippen LogP contribution in [0.1, 0.15) is 18.9 Å². The van der Waals surface area contributed by atoms with Gasteiger partial charge in [-0.15, -0.1) is 13.2 Å². The highest BCUT2D eigenvalue weighted by Gasteiger charge is 2.32. The molecule has 7 nitrogen and oxygen atoms in total. The van der Waals surface area contributed by atoms with Gasteiger partial charge in [-0.2, -0.15) is 0 Å². The quantitative estimate of drug-likeness (QED) is 0.466. The van der Waals surface area contributed by atoms with Gasteiger partial charge in [0.15, 0.2) is 0 Å². The summed E-state index contributed by atoms with van der Waals surface area (Å²) < 4.78 is 43.4.